The van der Waals surface area contributed by atoms with Gasteiger partial charge in [0, 0.05) is 26.2 Å². The molecular weight excluding hydrogens is 321 g/mol. The molecule has 1 heterocycles. The van der Waals surface area contributed by atoms with Crippen LogP contribution in [0.1, 0.15) is 29.8 Å². The fourth-order valence-corrected chi connectivity index (χ4v) is 2.82. The SMILES string of the molecule is CC(C)CN1CCOC(CNC(=O)c2ccccc2C(F)(F)F)C1. The van der Waals surface area contributed by atoms with Crippen molar-refractivity contribution in [3.63, 3.8) is 0 Å². The van der Waals surface area contributed by atoms with Gasteiger partial charge in [0.2, 0.25) is 0 Å². The lowest BCUT2D eigenvalue weighted by atomic mass is 10.1. The first-order valence-corrected chi connectivity index (χ1v) is 8.05. The van der Waals surface area contributed by atoms with E-state index in [1.807, 2.05) is 0 Å². The van der Waals surface area contributed by atoms with Crippen molar-refractivity contribution in [2.24, 2.45) is 5.92 Å². The number of nitrogens with one attached hydrogen (secondary N) is 1. The van der Waals surface area contributed by atoms with Crippen molar-refractivity contribution < 1.29 is 22.7 Å². The van der Waals surface area contributed by atoms with Gasteiger partial charge in [0.1, 0.15) is 0 Å². The smallest absolute Gasteiger partial charge is 0.374 e. The zero-order valence-corrected chi connectivity index (χ0v) is 13.9. The van der Waals surface area contributed by atoms with E-state index in [9.17, 15) is 18.0 Å². The Labute approximate surface area is 140 Å². The summed E-state index contributed by atoms with van der Waals surface area (Å²) in [6.45, 7) is 7.44. The maximum Gasteiger partial charge on any atom is 0.417 e. The summed E-state index contributed by atoms with van der Waals surface area (Å²) in [5, 5.41) is 2.56. The second-order valence-electron chi connectivity index (χ2n) is 6.40. The van der Waals surface area contributed by atoms with Gasteiger partial charge in [-0.05, 0) is 18.1 Å². The van der Waals surface area contributed by atoms with E-state index >= 15 is 0 Å². The highest BCUT2D eigenvalue weighted by atomic mass is 19.4. The molecule has 1 atom stereocenters. The summed E-state index contributed by atoms with van der Waals surface area (Å²) in [6.07, 6.45) is -4.76. The van der Waals surface area contributed by atoms with Gasteiger partial charge in [0.15, 0.2) is 0 Å². The van der Waals surface area contributed by atoms with Crippen molar-refractivity contribution >= 4 is 5.91 Å². The molecule has 7 heteroatoms. The lowest BCUT2D eigenvalue weighted by molar-refractivity contribution is -0.137. The third-order valence-corrected chi connectivity index (χ3v) is 3.81. The zero-order chi connectivity index (χ0) is 17.7. The van der Waals surface area contributed by atoms with Crippen LogP contribution in [0.5, 0.6) is 0 Å². The molecule has 0 aliphatic carbocycles. The van der Waals surface area contributed by atoms with Crippen LogP contribution < -0.4 is 5.32 Å². The molecule has 2 rings (SSSR count). The standard InChI is InChI=1S/C17H23F3N2O2/c1-12(2)10-22-7-8-24-13(11-22)9-21-16(23)14-5-3-4-6-15(14)17(18,19)20/h3-6,12-13H,7-11H2,1-2H3,(H,21,23). The number of amides is 1. The largest absolute Gasteiger partial charge is 0.417 e. The van der Waals surface area contributed by atoms with E-state index in [1.54, 1.807) is 0 Å². The van der Waals surface area contributed by atoms with Crippen LogP contribution in [0.15, 0.2) is 24.3 Å². The van der Waals surface area contributed by atoms with Crippen molar-refractivity contribution in [3.8, 4) is 0 Å². The molecule has 1 saturated heterocycles. The monoisotopic (exact) mass is 344 g/mol. The van der Waals surface area contributed by atoms with Crippen LogP contribution >= 0.6 is 0 Å². The summed E-state index contributed by atoms with van der Waals surface area (Å²) < 4.78 is 44.5. The third-order valence-electron chi connectivity index (χ3n) is 3.81. The van der Waals surface area contributed by atoms with E-state index in [0.717, 1.165) is 19.2 Å². The van der Waals surface area contributed by atoms with Gasteiger partial charge in [-0.15, -0.1) is 0 Å². The lowest BCUT2D eigenvalue weighted by Gasteiger charge is -2.34. The van der Waals surface area contributed by atoms with Crippen molar-refractivity contribution in [3.05, 3.63) is 35.4 Å². The Morgan fingerprint density at radius 1 is 1.38 bits per heavy atom. The fraction of sp³-hybridized carbons (Fsp3) is 0.588. The number of hydrogen-bond acceptors (Lipinski definition) is 3. The van der Waals surface area contributed by atoms with E-state index in [4.69, 9.17) is 4.74 Å². The van der Waals surface area contributed by atoms with Gasteiger partial charge in [-0.1, -0.05) is 26.0 Å². The number of carbonyl (C=O) groups excluding carboxylic acids is 1. The summed E-state index contributed by atoms with van der Waals surface area (Å²) in [5.74, 6) is -0.204. The molecule has 1 unspecified atom stereocenters. The van der Waals surface area contributed by atoms with E-state index in [2.05, 4.69) is 24.1 Å². The molecule has 134 valence electrons. The Balaban J connectivity index is 1.94. The molecule has 4 nitrogen and oxygen atoms in total. The van der Waals surface area contributed by atoms with Crippen LogP contribution in [0.4, 0.5) is 13.2 Å². The lowest BCUT2D eigenvalue weighted by Crippen LogP contribution is -2.48. The number of nitrogens with zero attached hydrogens (tertiary/aromatic N) is 1. The Hall–Kier alpha value is -1.60. The average molecular weight is 344 g/mol. The van der Waals surface area contributed by atoms with Crippen LogP contribution in [-0.4, -0.2) is 49.7 Å². The van der Waals surface area contributed by atoms with Crippen LogP contribution in [0, 0.1) is 5.92 Å². The van der Waals surface area contributed by atoms with Gasteiger partial charge in [-0.2, -0.15) is 13.2 Å². The second kappa shape index (κ2) is 7.98. The number of carbonyl (C=O) groups is 1. The normalized spacial score (nSPS) is 19.5. The van der Waals surface area contributed by atoms with Gasteiger partial charge in [0.05, 0.1) is 23.8 Å². The fourth-order valence-electron chi connectivity index (χ4n) is 2.82. The van der Waals surface area contributed by atoms with Gasteiger partial charge in [0.25, 0.3) is 5.91 Å². The minimum atomic E-state index is -4.55. The highest BCUT2D eigenvalue weighted by Crippen LogP contribution is 2.31. The van der Waals surface area contributed by atoms with E-state index < -0.39 is 17.6 Å². The maximum absolute atomic E-state index is 13.0. The van der Waals surface area contributed by atoms with E-state index in [0.29, 0.717) is 19.1 Å². The number of rotatable bonds is 5. The molecule has 1 aromatic rings. The predicted octanol–water partition coefficient (Wildman–Crippen LogP) is 2.79. The van der Waals surface area contributed by atoms with Gasteiger partial charge in [-0.25, -0.2) is 0 Å². The first-order valence-electron chi connectivity index (χ1n) is 8.05. The van der Waals surface area contributed by atoms with Crippen molar-refractivity contribution in [1.29, 1.82) is 0 Å². The van der Waals surface area contributed by atoms with E-state index in [1.165, 1.54) is 18.2 Å². The first-order chi connectivity index (χ1) is 11.3. The highest BCUT2D eigenvalue weighted by molar-refractivity contribution is 5.95. The Bertz CT molecular complexity index is 561. The topological polar surface area (TPSA) is 41.6 Å². The van der Waals surface area contributed by atoms with Crippen LogP contribution in [0.2, 0.25) is 0 Å². The van der Waals surface area contributed by atoms with Crippen molar-refractivity contribution in [2.45, 2.75) is 26.1 Å². The summed E-state index contributed by atoms with van der Waals surface area (Å²) in [5.41, 5.74) is -1.28. The molecule has 1 aromatic carbocycles. The van der Waals surface area contributed by atoms with Crippen molar-refractivity contribution in [2.75, 3.05) is 32.8 Å². The number of morpholine rings is 1. The van der Waals surface area contributed by atoms with Gasteiger partial charge >= 0.3 is 6.18 Å². The minimum absolute atomic E-state index is 0.194. The molecule has 1 aliphatic heterocycles. The average Bonchev–Trinajstić information content (AvgIpc) is 2.51. The maximum atomic E-state index is 13.0. The van der Waals surface area contributed by atoms with Gasteiger partial charge in [-0.3, -0.25) is 9.69 Å². The third kappa shape index (κ3) is 5.21. The van der Waals surface area contributed by atoms with E-state index in [-0.39, 0.29) is 18.2 Å². The Morgan fingerprint density at radius 2 is 2.08 bits per heavy atom. The molecular formula is C17H23F3N2O2. The van der Waals surface area contributed by atoms with Crippen LogP contribution in [-0.2, 0) is 10.9 Å². The quantitative estimate of drug-likeness (QED) is 0.893. The number of ether oxygens (including phenoxy) is 1. The molecule has 0 saturated carbocycles. The first kappa shape index (κ1) is 18.7. The Kier molecular flexibility index (Phi) is 6.23. The number of hydrogen-bond donors (Lipinski definition) is 1. The molecule has 0 spiro atoms. The minimum Gasteiger partial charge on any atom is -0.374 e. The van der Waals surface area contributed by atoms with Crippen LogP contribution in [0.25, 0.3) is 0 Å². The second-order valence-corrected chi connectivity index (χ2v) is 6.40. The summed E-state index contributed by atoms with van der Waals surface area (Å²) >= 11 is 0. The predicted molar refractivity (Wildman–Crippen MR) is 84.8 cm³/mol. The molecule has 24 heavy (non-hydrogen) atoms. The molecule has 1 aliphatic rings. The molecule has 0 aromatic heterocycles. The highest BCUT2D eigenvalue weighted by Gasteiger charge is 2.35. The molecule has 1 N–H and O–H groups in total. The molecule has 0 radical (unpaired) electrons. The number of halogens is 3. The van der Waals surface area contributed by atoms with Crippen LogP contribution in [0.3, 0.4) is 0 Å². The Morgan fingerprint density at radius 3 is 2.75 bits per heavy atom. The summed E-state index contributed by atoms with van der Waals surface area (Å²) in [6, 6.07) is 4.79. The summed E-state index contributed by atoms with van der Waals surface area (Å²) in [4.78, 5) is 14.4. The summed E-state index contributed by atoms with van der Waals surface area (Å²) in [7, 11) is 0. The molecule has 1 fully saturated rings. The number of benzene rings is 1. The number of alkyl halides is 3. The molecule has 0 bridgehead atoms. The molecule has 1 amide bonds. The zero-order valence-electron chi connectivity index (χ0n) is 13.9. The van der Waals surface area contributed by atoms with Crippen molar-refractivity contribution in [1.82, 2.24) is 10.2 Å². The van der Waals surface area contributed by atoms with Gasteiger partial charge < -0.3 is 10.1 Å².